The number of halogens is 1. The van der Waals surface area contributed by atoms with E-state index >= 15 is 0 Å². The van der Waals surface area contributed by atoms with Crippen LogP contribution >= 0.6 is 0 Å². The monoisotopic (exact) mass is 772 g/mol. The lowest BCUT2D eigenvalue weighted by atomic mass is 9.72. The number of nitrogens with zero attached hydrogens (tertiary/aromatic N) is 8. The number of carbonyl (C=O) groups excluding carboxylic acids is 2. The van der Waals surface area contributed by atoms with E-state index in [-0.39, 0.29) is 47.8 Å². The van der Waals surface area contributed by atoms with E-state index in [2.05, 4.69) is 19.8 Å². The number of rotatable bonds is 10. The van der Waals surface area contributed by atoms with Crippen molar-refractivity contribution in [2.45, 2.75) is 85.4 Å². The molecule has 5 heterocycles. The fourth-order valence-electron chi connectivity index (χ4n) is 8.37. The average Bonchev–Trinajstić information content (AvgIpc) is 3.56. The van der Waals surface area contributed by atoms with Crippen LogP contribution in [0.3, 0.4) is 0 Å². The van der Waals surface area contributed by atoms with Gasteiger partial charge in [0.1, 0.15) is 23.5 Å². The van der Waals surface area contributed by atoms with E-state index in [0.717, 1.165) is 52.0 Å². The molecule has 4 saturated heterocycles. The quantitative estimate of drug-likeness (QED) is 0.335. The van der Waals surface area contributed by atoms with Gasteiger partial charge in [0, 0.05) is 84.1 Å². The first-order valence-electron chi connectivity index (χ1n) is 19.3. The standard InChI is InChI=1S/C38H57FN8O6S/c1-27(2)47(28(3)4)35(48)31-20-30(39)8-9-32(31)52-33-21-40-26-41-34(33)44-13-10-29(23-44)22-42-24-38(25-42)11-14-45(15-12-38)54(50,51)46-18-16-43(17-19-46)36(49)53-37(5,6)7/h8-9,20-21,26-29H,10-19,22-25H2,1-7H3/t29-/m0/s1. The molecular formula is C38H57FN8O6S. The van der Waals surface area contributed by atoms with Gasteiger partial charge in [-0.25, -0.2) is 19.2 Å². The molecular weight excluding hydrogens is 716 g/mol. The molecule has 4 fully saturated rings. The fraction of sp³-hybridized carbons (Fsp3) is 0.684. The lowest BCUT2D eigenvalue weighted by molar-refractivity contribution is -0.0415. The molecule has 6 rings (SSSR count). The van der Waals surface area contributed by atoms with Crippen molar-refractivity contribution in [2.24, 2.45) is 11.3 Å². The number of aromatic nitrogens is 2. The third-order valence-electron chi connectivity index (χ3n) is 10.9. The zero-order valence-corrected chi connectivity index (χ0v) is 33.6. The number of likely N-dealkylation sites (tertiary alicyclic amines) is 1. The molecule has 1 spiro atoms. The highest BCUT2D eigenvalue weighted by Crippen LogP contribution is 2.42. The van der Waals surface area contributed by atoms with Gasteiger partial charge in [-0.05, 0) is 97.3 Å². The fourth-order valence-corrected chi connectivity index (χ4v) is 9.97. The van der Waals surface area contributed by atoms with Crippen LogP contribution in [0, 0.1) is 17.2 Å². The molecule has 0 N–H and O–H groups in total. The van der Waals surface area contributed by atoms with Crippen molar-refractivity contribution in [3.63, 3.8) is 0 Å². The molecule has 4 aliphatic heterocycles. The smallest absolute Gasteiger partial charge is 0.410 e. The Kier molecular flexibility index (Phi) is 11.8. The first-order valence-corrected chi connectivity index (χ1v) is 20.6. The number of ether oxygens (including phenoxy) is 2. The Hall–Kier alpha value is -3.60. The zero-order chi connectivity index (χ0) is 39.0. The highest BCUT2D eigenvalue weighted by molar-refractivity contribution is 7.86. The van der Waals surface area contributed by atoms with Crippen molar-refractivity contribution in [1.29, 1.82) is 0 Å². The second-order valence-corrected chi connectivity index (χ2v) is 18.8. The SMILES string of the molecule is CC(C)N(C(=O)c1cc(F)ccc1Oc1cncnc1N1CC[C@@H](CN2CC3(CCN(S(=O)(=O)N4CCN(C(=O)OC(C)(C)C)CC4)CC3)C2)C1)C(C)C. The zero-order valence-electron chi connectivity index (χ0n) is 32.8. The van der Waals surface area contributed by atoms with Crippen LogP contribution in [0.2, 0.25) is 0 Å². The number of hydrogen-bond donors (Lipinski definition) is 0. The summed E-state index contributed by atoms with van der Waals surface area (Å²) in [6.07, 6.45) is 5.32. The normalized spacial score (nSPS) is 21.5. The maximum absolute atomic E-state index is 14.4. The summed E-state index contributed by atoms with van der Waals surface area (Å²) in [6, 6.07) is 3.84. The minimum absolute atomic E-state index is 0.0811. The second kappa shape index (κ2) is 15.9. The van der Waals surface area contributed by atoms with Gasteiger partial charge in [-0.1, -0.05) is 0 Å². The summed E-state index contributed by atoms with van der Waals surface area (Å²) in [6.45, 7) is 19.8. The summed E-state index contributed by atoms with van der Waals surface area (Å²) in [5.41, 5.74) is -0.306. The highest BCUT2D eigenvalue weighted by Gasteiger charge is 2.48. The topological polar surface area (TPSA) is 132 Å². The lowest BCUT2D eigenvalue weighted by Crippen LogP contribution is -2.62. The number of hydrogen-bond acceptors (Lipinski definition) is 10. The molecule has 14 nitrogen and oxygen atoms in total. The van der Waals surface area contributed by atoms with Crippen LogP contribution in [0.1, 0.15) is 78.1 Å². The first-order chi connectivity index (χ1) is 25.4. The minimum Gasteiger partial charge on any atom is -0.451 e. The van der Waals surface area contributed by atoms with E-state index in [1.807, 2.05) is 48.5 Å². The molecule has 0 bridgehead atoms. The Morgan fingerprint density at radius 3 is 2.24 bits per heavy atom. The van der Waals surface area contributed by atoms with Crippen molar-refractivity contribution in [2.75, 3.05) is 76.9 Å². The molecule has 0 aliphatic carbocycles. The number of amides is 2. The van der Waals surface area contributed by atoms with Gasteiger partial charge in [0.25, 0.3) is 16.1 Å². The maximum Gasteiger partial charge on any atom is 0.410 e. The summed E-state index contributed by atoms with van der Waals surface area (Å²) < 4.78 is 56.4. The molecule has 4 aliphatic rings. The van der Waals surface area contributed by atoms with Crippen molar-refractivity contribution in [1.82, 2.24) is 33.3 Å². The van der Waals surface area contributed by atoms with Gasteiger partial charge in [0.15, 0.2) is 11.6 Å². The summed E-state index contributed by atoms with van der Waals surface area (Å²) in [7, 11) is -3.60. The molecule has 1 atom stereocenters. The molecule has 1 aromatic carbocycles. The van der Waals surface area contributed by atoms with Gasteiger partial charge in [-0.15, -0.1) is 0 Å². The van der Waals surface area contributed by atoms with Crippen LogP contribution < -0.4 is 9.64 Å². The number of piperidine rings is 1. The van der Waals surface area contributed by atoms with Crippen LogP contribution in [0.5, 0.6) is 11.5 Å². The Labute approximate surface area is 319 Å². The van der Waals surface area contributed by atoms with Crippen molar-refractivity contribution < 1.29 is 31.9 Å². The first kappa shape index (κ1) is 40.1. The molecule has 16 heteroatoms. The van der Waals surface area contributed by atoms with Crippen LogP contribution in [-0.2, 0) is 14.9 Å². The third-order valence-corrected chi connectivity index (χ3v) is 13.0. The molecule has 2 aromatic rings. The van der Waals surface area contributed by atoms with Crippen molar-refractivity contribution in [3.8, 4) is 11.5 Å². The number of benzene rings is 1. The summed E-state index contributed by atoms with van der Waals surface area (Å²) in [4.78, 5) is 42.8. The molecule has 1 aromatic heterocycles. The summed E-state index contributed by atoms with van der Waals surface area (Å²) in [5, 5.41) is 0. The average molecular weight is 773 g/mol. The van der Waals surface area contributed by atoms with Gasteiger partial charge in [0.05, 0.1) is 11.8 Å². The number of anilines is 1. The lowest BCUT2D eigenvalue weighted by Gasteiger charge is -2.54. The van der Waals surface area contributed by atoms with Crippen LogP contribution in [0.25, 0.3) is 0 Å². The van der Waals surface area contributed by atoms with Crippen LogP contribution in [0.4, 0.5) is 15.0 Å². The highest BCUT2D eigenvalue weighted by atomic mass is 32.2. The van der Waals surface area contributed by atoms with Crippen LogP contribution in [-0.4, -0.2) is 143 Å². The van der Waals surface area contributed by atoms with Gasteiger partial charge < -0.3 is 29.1 Å². The second-order valence-electron chi connectivity index (χ2n) is 16.9. The largest absolute Gasteiger partial charge is 0.451 e. The van der Waals surface area contributed by atoms with E-state index in [1.54, 1.807) is 20.3 Å². The molecule has 0 saturated carbocycles. The summed E-state index contributed by atoms with van der Waals surface area (Å²) >= 11 is 0. The predicted octanol–water partition coefficient (Wildman–Crippen LogP) is 4.69. The van der Waals surface area contributed by atoms with E-state index < -0.39 is 27.7 Å². The Morgan fingerprint density at radius 2 is 1.61 bits per heavy atom. The number of carbonyl (C=O) groups is 2. The summed E-state index contributed by atoms with van der Waals surface area (Å²) in [5.74, 6) is 0.904. The Morgan fingerprint density at radius 1 is 0.963 bits per heavy atom. The van der Waals surface area contributed by atoms with Gasteiger partial charge >= 0.3 is 6.09 Å². The van der Waals surface area contributed by atoms with Crippen molar-refractivity contribution >= 4 is 28.0 Å². The predicted molar refractivity (Wildman–Crippen MR) is 203 cm³/mol. The minimum atomic E-state index is -3.60. The van der Waals surface area contributed by atoms with Gasteiger partial charge in [-0.2, -0.15) is 17.0 Å². The Balaban J connectivity index is 0.993. The number of piperazine rings is 1. The third kappa shape index (κ3) is 8.92. The molecule has 0 radical (unpaired) electrons. The van der Waals surface area contributed by atoms with E-state index in [4.69, 9.17) is 9.47 Å². The maximum atomic E-state index is 14.4. The van der Waals surface area contributed by atoms with E-state index in [0.29, 0.717) is 43.7 Å². The molecule has 0 unspecified atom stereocenters. The molecule has 2 amide bonds. The van der Waals surface area contributed by atoms with Crippen LogP contribution in [0.15, 0.2) is 30.7 Å². The van der Waals surface area contributed by atoms with Gasteiger partial charge in [-0.3, -0.25) is 4.79 Å². The van der Waals surface area contributed by atoms with Crippen molar-refractivity contribution in [3.05, 3.63) is 42.1 Å². The van der Waals surface area contributed by atoms with E-state index in [1.165, 1.54) is 28.8 Å². The molecule has 54 heavy (non-hydrogen) atoms. The Bertz CT molecular complexity index is 1760. The van der Waals surface area contributed by atoms with E-state index in [9.17, 15) is 22.4 Å². The molecule has 298 valence electrons. The van der Waals surface area contributed by atoms with Gasteiger partial charge in [0.2, 0.25) is 0 Å².